The predicted octanol–water partition coefficient (Wildman–Crippen LogP) is 4.73. The van der Waals surface area contributed by atoms with Crippen LogP contribution in [0.3, 0.4) is 0 Å². The molecule has 0 unspecified atom stereocenters. The Morgan fingerprint density at radius 2 is 1.67 bits per heavy atom. The van der Waals surface area contributed by atoms with Gasteiger partial charge < -0.3 is 10.5 Å². The zero-order valence-corrected chi connectivity index (χ0v) is 18.5. The van der Waals surface area contributed by atoms with Crippen LogP contribution < -0.4 is 15.2 Å². The predicted molar refractivity (Wildman–Crippen MR) is 118 cm³/mol. The zero-order valence-electron chi connectivity index (χ0n) is 17.7. The molecule has 3 rings (SSSR count). The summed E-state index contributed by atoms with van der Waals surface area (Å²) < 4.78 is 71.2. The van der Waals surface area contributed by atoms with E-state index >= 15 is 0 Å². The molecule has 0 aliphatic carbocycles. The van der Waals surface area contributed by atoms with Crippen LogP contribution in [0, 0.1) is 0 Å². The molecule has 33 heavy (non-hydrogen) atoms. The number of sulfonamides is 1. The SMILES string of the molecule is CCc1cc(C(F)(F)F)ccc1Oc1ccc(-c2cccc(S(=O)(=O)NC)c2)cc1C(N)=O. The molecule has 3 aromatic rings. The summed E-state index contributed by atoms with van der Waals surface area (Å²) in [5.74, 6) is -0.571. The quantitative estimate of drug-likeness (QED) is 0.513. The number of aryl methyl sites for hydroxylation is 1. The van der Waals surface area contributed by atoms with Gasteiger partial charge in [-0.05, 0) is 72.6 Å². The first-order chi connectivity index (χ1) is 15.5. The Morgan fingerprint density at radius 1 is 1.00 bits per heavy atom. The van der Waals surface area contributed by atoms with Crippen molar-refractivity contribution in [1.29, 1.82) is 0 Å². The van der Waals surface area contributed by atoms with Crippen molar-refractivity contribution in [3.05, 3.63) is 77.4 Å². The summed E-state index contributed by atoms with van der Waals surface area (Å²) >= 11 is 0. The Kier molecular flexibility index (Phi) is 6.80. The lowest BCUT2D eigenvalue weighted by atomic mass is 10.0. The molecule has 10 heteroatoms. The Labute approximate surface area is 189 Å². The van der Waals surface area contributed by atoms with Crippen LogP contribution in [0.2, 0.25) is 0 Å². The smallest absolute Gasteiger partial charge is 0.416 e. The van der Waals surface area contributed by atoms with Gasteiger partial charge in [0.05, 0.1) is 16.0 Å². The number of primary amides is 1. The van der Waals surface area contributed by atoms with Gasteiger partial charge in [-0.15, -0.1) is 0 Å². The van der Waals surface area contributed by atoms with Crippen LogP contribution in [0.15, 0.2) is 65.6 Å². The van der Waals surface area contributed by atoms with Gasteiger partial charge in [0, 0.05) is 0 Å². The van der Waals surface area contributed by atoms with E-state index in [9.17, 15) is 26.4 Å². The fourth-order valence-electron chi connectivity index (χ4n) is 3.20. The van der Waals surface area contributed by atoms with E-state index in [-0.39, 0.29) is 28.4 Å². The van der Waals surface area contributed by atoms with E-state index in [2.05, 4.69) is 4.72 Å². The number of alkyl halides is 3. The number of hydrogen-bond acceptors (Lipinski definition) is 4. The fourth-order valence-corrected chi connectivity index (χ4v) is 3.98. The molecule has 174 valence electrons. The molecule has 0 aliphatic heterocycles. The summed E-state index contributed by atoms with van der Waals surface area (Å²) in [7, 11) is -2.38. The summed E-state index contributed by atoms with van der Waals surface area (Å²) in [5.41, 5.74) is 6.05. The van der Waals surface area contributed by atoms with Crippen molar-refractivity contribution < 1.29 is 31.1 Å². The van der Waals surface area contributed by atoms with Crippen LogP contribution in [0.1, 0.15) is 28.4 Å². The Hall–Kier alpha value is -3.37. The number of nitrogens with one attached hydrogen (secondary N) is 1. The topological polar surface area (TPSA) is 98.5 Å². The number of carbonyl (C=O) groups is 1. The maximum atomic E-state index is 13.0. The molecule has 6 nitrogen and oxygen atoms in total. The van der Waals surface area contributed by atoms with Gasteiger partial charge in [-0.25, -0.2) is 13.1 Å². The lowest BCUT2D eigenvalue weighted by molar-refractivity contribution is -0.137. The second-order valence-corrected chi connectivity index (χ2v) is 8.97. The van der Waals surface area contributed by atoms with Gasteiger partial charge in [-0.2, -0.15) is 13.2 Å². The molecule has 0 radical (unpaired) electrons. The van der Waals surface area contributed by atoms with Gasteiger partial charge in [-0.1, -0.05) is 25.1 Å². The molecule has 0 spiro atoms. The van der Waals surface area contributed by atoms with E-state index in [1.165, 1.54) is 37.4 Å². The average molecular weight is 478 g/mol. The van der Waals surface area contributed by atoms with Crippen LogP contribution in [-0.2, 0) is 22.6 Å². The Bertz CT molecular complexity index is 1310. The molecule has 0 saturated heterocycles. The molecule has 1 amide bonds. The number of carbonyl (C=O) groups excluding carboxylic acids is 1. The first-order valence-corrected chi connectivity index (χ1v) is 11.3. The summed E-state index contributed by atoms with van der Waals surface area (Å²) in [6.07, 6.45) is -4.21. The van der Waals surface area contributed by atoms with E-state index in [1.807, 2.05) is 0 Å². The third kappa shape index (κ3) is 5.35. The van der Waals surface area contributed by atoms with Crippen molar-refractivity contribution >= 4 is 15.9 Å². The van der Waals surface area contributed by atoms with E-state index in [4.69, 9.17) is 10.5 Å². The van der Waals surface area contributed by atoms with Crippen molar-refractivity contribution in [2.75, 3.05) is 7.05 Å². The normalized spacial score (nSPS) is 11.9. The third-order valence-electron chi connectivity index (χ3n) is 4.98. The highest BCUT2D eigenvalue weighted by molar-refractivity contribution is 7.89. The van der Waals surface area contributed by atoms with Crippen molar-refractivity contribution in [3.63, 3.8) is 0 Å². The van der Waals surface area contributed by atoms with Crippen LogP contribution in [-0.4, -0.2) is 21.4 Å². The van der Waals surface area contributed by atoms with E-state index in [1.54, 1.807) is 25.1 Å². The van der Waals surface area contributed by atoms with Crippen molar-refractivity contribution in [2.24, 2.45) is 5.73 Å². The van der Waals surface area contributed by atoms with Crippen molar-refractivity contribution in [3.8, 4) is 22.6 Å². The number of nitrogens with two attached hydrogens (primary N) is 1. The first kappa shape index (κ1) is 24.3. The highest BCUT2D eigenvalue weighted by Crippen LogP contribution is 2.36. The highest BCUT2D eigenvalue weighted by Gasteiger charge is 2.31. The summed E-state index contributed by atoms with van der Waals surface area (Å²) in [6, 6.07) is 13.7. The number of halogens is 3. The molecular formula is C23H21F3N2O4S. The zero-order chi connectivity index (χ0) is 24.4. The molecular weight excluding hydrogens is 457 g/mol. The monoisotopic (exact) mass is 478 g/mol. The molecule has 0 saturated carbocycles. The molecule has 0 aromatic heterocycles. The lowest BCUT2D eigenvalue weighted by Crippen LogP contribution is -2.18. The number of hydrogen-bond donors (Lipinski definition) is 2. The minimum atomic E-state index is -4.49. The standard InChI is InChI=1S/C23H21F3N2O4S/c1-3-14-11-17(23(24,25)26)8-10-20(14)32-21-9-7-16(13-19(21)22(27)29)15-5-4-6-18(12-15)33(30,31)28-2/h4-13,28H,3H2,1-2H3,(H2,27,29). The largest absolute Gasteiger partial charge is 0.456 e. The second kappa shape index (κ2) is 9.24. The number of amides is 1. The van der Waals surface area contributed by atoms with E-state index in [0.717, 1.165) is 12.1 Å². The number of benzene rings is 3. The van der Waals surface area contributed by atoms with Crippen LogP contribution in [0.5, 0.6) is 11.5 Å². The van der Waals surface area contributed by atoms with Gasteiger partial charge in [-0.3, -0.25) is 4.79 Å². The van der Waals surface area contributed by atoms with Gasteiger partial charge in [0.15, 0.2) is 0 Å². The molecule has 3 N–H and O–H groups in total. The molecule has 0 heterocycles. The summed E-state index contributed by atoms with van der Waals surface area (Å²) in [4.78, 5) is 12.1. The molecule has 0 atom stereocenters. The minimum absolute atomic E-state index is 0.00340. The number of ether oxygens (including phenoxy) is 1. The van der Waals surface area contributed by atoms with Crippen molar-refractivity contribution in [1.82, 2.24) is 4.72 Å². The maximum Gasteiger partial charge on any atom is 0.416 e. The fraction of sp³-hybridized carbons (Fsp3) is 0.174. The Morgan fingerprint density at radius 3 is 2.27 bits per heavy atom. The molecule has 3 aromatic carbocycles. The highest BCUT2D eigenvalue weighted by atomic mass is 32.2. The van der Waals surface area contributed by atoms with Crippen LogP contribution in [0.25, 0.3) is 11.1 Å². The average Bonchev–Trinajstić information content (AvgIpc) is 2.78. The van der Waals surface area contributed by atoms with Gasteiger partial charge in [0.1, 0.15) is 11.5 Å². The second-order valence-electron chi connectivity index (χ2n) is 7.09. The van der Waals surface area contributed by atoms with E-state index < -0.39 is 27.7 Å². The van der Waals surface area contributed by atoms with Crippen LogP contribution >= 0.6 is 0 Å². The summed E-state index contributed by atoms with van der Waals surface area (Å²) in [5, 5.41) is 0. The minimum Gasteiger partial charge on any atom is -0.456 e. The van der Waals surface area contributed by atoms with Gasteiger partial charge in [0.2, 0.25) is 10.0 Å². The Balaban J connectivity index is 2.02. The van der Waals surface area contributed by atoms with Gasteiger partial charge in [0.25, 0.3) is 5.91 Å². The molecule has 0 aliphatic rings. The molecule has 0 fully saturated rings. The molecule has 0 bridgehead atoms. The summed E-state index contributed by atoms with van der Waals surface area (Å²) in [6.45, 7) is 1.69. The third-order valence-corrected chi connectivity index (χ3v) is 6.39. The number of rotatable bonds is 7. The van der Waals surface area contributed by atoms with E-state index in [0.29, 0.717) is 16.7 Å². The van der Waals surface area contributed by atoms with Gasteiger partial charge >= 0.3 is 6.18 Å². The van der Waals surface area contributed by atoms with Crippen molar-refractivity contribution in [2.45, 2.75) is 24.4 Å². The lowest BCUT2D eigenvalue weighted by Gasteiger charge is -2.16. The first-order valence-electron chi connectivity index (χ1n) is 9.82. The maximum absolute atomic E-state index is 13.0. The van der Waals surface area contributed by atoms with Crippen LogP contribution in [0.4, 0.5) is 13.2 Å².